The van der Waals surface area contributed by atoms with E-state index in [1.54, 1.807) is 19.1 Å². The smallest absolute Gasteiger partial charge is 0.0595 e. The van der Waals surface area contributed by atoms with Crippen molar-refractivity contribution in [1.29, 1.82) is 0 Å². The van der Waals surface area contributed by atoms with Crippen molar-refractivity contribution >= 4 is 35.6 Å². The van der Waals surface area contributed by atoms with Crippen molar-refractivity contribution in [1.82, 2.24) is 5.32 Å². The zero-order valence-electron chi connectivity index (χ0n) is 9.21. The predicted octanol–water partition coefficient (Wildman–Crippen LogP) is 3.10. The van der Waals surface area contributed by atoms with E-state index in [4.69, 9.17) is 23.2 Å². The van der Waals surface area contributed by atoms with Crippen LogP contribution in [0.2, 0.25) is 10.0 Å². The van der Waals surface area contributed by atoms with Crippen molar-refractivity contribution in [3.63, 3.8) is 0 Å². The second-order valence-electron chi connectivity index (χ2n) is 3.58. The number of rotatable bonds is 4. The van der Waals surface area contributed by atoms with Gasteiger partial charge in [-0.15, -0.1) is 12.4 Å². The van der Waals surface area contributed by atoms with Crippen LogP contribution in [0.5, 0.6) is 0 Å². The fourth-order valence-corrected chi connectivity index (χ4v) is 1.84. The van der Waals surface area contributed by atoms with Gasteiger partial charge in [0.05, 0.1) is 16.1 Å². The van der Waals surface area contributed by atoms with Crippen molar-refractivity contribution in [2.24, 2.45) is 0 Å². The Bertz CT molecular complexity index is 331. The molecule has 0 aliphatic rings. The topological polar surface area (TPSA) is 32.3 Å². The molecule has 1 aromatic carbocycles. The van der Waals surface area contributed by atoms with Crippen LogP contribution >= 0.6 is 35.6 Å². The highest BCUT2D eigenvalue weighted by atomic mass is 35.5. The van der Waals surface area contributed by atoms with Crippen LogP contribution in [0.1, 0.15) is 18.4 Å². The highest BCUT2D eigenvalue weighted by Crippen LogP contribution is 2.27. The van der Waals surface area contributed by atoms with E-state index in [0.717, 1.165) is 5.56 Å². The summed E-state index contributed by atoms with van der Waals surface area (Å²) < 4.78 is 0. The molecule has 0 aromatic heterocycles. The lowest BCUT2D eigenvalue weighted by atomic mass is 9.94. The first-order chi connectivity index (χ1) is 7.06. The molecule has 1 aromatic rings. The van der Waals surface area contributed by atoms with Gasteiger partial charge < -0.3 is 10.4 Å². The van der Waals surface area contributed by atoms with E-state index in [-0.39, 0.29) is 18.3 Å². The van der Waals surface area contributed by atoms with Gasteiger partial charge in [-0.25, -0.2) is 0 Å². The molecule has 0 fully saturated rings. The summed E-state index contributed by atoms with van der Waals surface area (Å²) in [7, 11) is 1.85. The predicted molar refractivity (Wildman–Crippen MR) is 72.1 cm³/mol. The van der Waals surface area contributed by atoms with Crippen molar-refractivity contribution in [2.75, 3.05) is 13.6 Å². The molecule has 0 bridgehead atoms. The molecule has 92 valence electrons. The molecule has 0 aliphatic carbocycles. The second kappa shape index (κ2) is 7.36. The number of benzene rings is 1. The van der Waals surface area contributed by atoms with Gasteiger partial charge in [0.15, 0.2) is 0 Å². The molecule has 2 N–H and O–H groups in total. The minimum Gasteiger partial charge on any atom is -0.393 e. The maximum Gasteiger partial charge on any atom is 0.0595 e. The first kappa shape index (κ1) is 16.0. The Morgan fingerprint density at radius 3 is 2.38 bits per heavy atom. The fourth-order valence-electron chi connectivity index (χ4n) is 1.53. The fraction of sp³-hybridized carbons (Fsp3) is 0.455. The van der Waals surface area contributed by atoms with Crippen molar-refractivity contribution in [3.05, 3.63) is 33.8 Å². The Morgan fingerprint density at radius 2 is 1.94 bits per heavy atom. The van der Waals surface area contributed by atoms with E-state index in [9.17, 15) is 5.11 Å². The van der Waals surface area contributed by atoms with E-state index in [1.807, 2.05) is 13.1 Å². The van der Waals surface area contributed by atoms with Crippen LogP contribution in [0, 0.1) is 0 Å². The molecule has 16 heavy (non-hydrogen) atoms. The highest BCUT2D eigenvalue weighted by molar-refractivity contribution is 6.42. The van der Waals surface area contributed by atoms with Gasteiger partial charge >= 0.3 is 0 Å². The van der Waals surface area contributed by atoms with Crippen LogP contribution in [0.3, 0.4) is 0 Å². The van der Waals surface area contributed by atoms with E-state index in [0.29, 0.717) is 16.6 Å². The number of nitrogens with one attached hydrogen (secondary N) is 1. The highest BCUT2D eigenvalue weighted by Gasteiger charge is 2.17. The summed E-state index contributed by atoms with van der Waals surface area (Å²) in [4.78, 5) is 0. The minimum atomic E-state index is -0.422. The Morgan fingerprint density at radius 1 is 1.31 bits per heavy atom. The lowest BCUT2D eigenvalue weighted by molar-refractivity contribution is 0.161. The number of likely N-dealkylation sites (N-methyl/N-ethyl adjacent to an activating group) is 1. The van der Waals surface area contributed by atoms with Crippen LogP contribution in [0.15, 0.2) is 18.2 Å². The average molecular weight is 285 g/mol. The van der Waals surface area contributed by atoms with Crippen LogP contribution < -0.4 is 5.32 Å². The quantitative estimate of drug-likeness (QED) is 0.890. The largest absolute Gasteiger partial charge is 0.393 e. The Labute approximate surface area is 112 Å². The van der Waals surface area contributed by atoms with Crippen LogP contribution in [-0.4, -0.2) is 24.8 Å². The number of hydrogen-bond donors (Lipinski definition) is 2. The zero-order chi connectivity index (χ0) is 11.4. The normalized spacial score (nSPS) is 14.1. The average Bonchev–Trinajstić information content (AvgIpc) is 2.18. The Balaban J connectivity index is 0.00000225. The van der Waals surface area contributed by atoms with Gasteiger partial charge in [-0.05, 0) is 31.7 Å². The van der Waals surface area contributed by atoms with Crippen LogP contribution in [0.4, 0.5) is 0 Å². The van der Waals surface area contributed by atoms with Crippen LogP contribution in [0.25, 0.3) is 0 Å². The van der Waals surface area contributed by atoms with Crippen molar-refractivity contribution < 1.29 is 5.11 Å². The molecule has 5 heteroatoms. The standard InChI is InChI=1S/C11H15Cl2NO.ClH/c1-7(15)9(6-14-2)8-3-4-10(12)11(13)5-8;/h3-5,7,9,14-15H,6H2,1-2H3;1H. The van der Waals surface area contributed by atoms with E-state index in [2.05, 4.69) is 5.32 Å². The molecule has 0 saturated heterocycles. The van der Waals surface area contributed by atoms with Gasteiger partial charge in [0.2, 0.25) is 0 Å². The summed E-state index contributed by atoms with van der Waals surface area (Å²) in [6, 6.07) is 5.45. The molecule has 2 unspecified atom stereocenters. The third kappa shape index (κ3) is 4.11. The van der Waals surface area contributed by atoms with E-state index in [1.165, 1.54) is 0 Å². The number of halogens is 3. The van der Waals surface area contributed by atoms with Gasteiger partial charge in [0.25, 0.3) is 0 Å². The molecule has 1 rings (SSSR count). The lowest BCUT2D eigenvalue weighted by Gasteiger charge is -2.20. The maximum absolute atomic E-state index is 9.64. The molecule has 0 saturated carbocycles. The summed E-state index contributed by atoms with van der Waals surface area (Å²) in [6.45, 7) is 2.47. The molecule has 0 radical (unpaired) electrons. The van der Waals surface area contributed by atoms with Gasteiger partial charge in [-0.3, -0.25) is 0 Å². The maximum atomic E-state index is 9.64. The first-order valence-electron chi connectivity index (χ1n) is 4.84. The second-order valence-corrected chi connectivity index (χ2v) is 4.39. The van der Waals surface area contributed by atoms with Crippen LogP contribution in [-0.2, 0) is 0 Å². The van der Waals surface area contributed by atoms with Crippen molar-refractivity contribution in [3.8, 4) is 0 Å². The molecule has 2 nitrogen and oxygen atoms in total. The molecule has 0 amide bonds. The summed E-state index contributed by atoms with van der Waals surface area (Å²) in [5.74, 6) is 0.0322. The Kier molecular flexibility index (Phi) is 7.36. The molecule has 2 atom stereocenters. The molecule has 0 heterocycles. The summed E-state index contributed by atoms with van der Waals surface area (Å²) in [5.41, 5.74) is 0.994. The minimum absolute atomic E-state index is 0. The molecular formula is C11H16Cl3NO. The summed E-state index contributed by atoms with van der Waals surface area (Å²) in [5, 5.41) is 13.7. The van der Waals surface area contributed by atoms with Crippen molar-refractivity contribution in [2.45, 2.75) is 18.9 Å². The summed E-state index contributed by atoms with van der Waals surface area (Å²) >= 11 is 11.8. The third-order valence-corrected chi connectivity index (χ3v) is 3.12. The van der Waals surface area contributed by atoms with Gasteiger partial charge in [0.1, 0.15) is 0 Å². The number of hydrogen-bond acceptors (Lipinski definition) is 2. The summed E-state index contributed by atoms with van der Waals surface area (Å²) in [6.07, 6.45) is -0.422. The number of aliphatic hydroxyl groups excluding tert-OH is 1. The monoisotopic (exact) mass is 283 g/mol. The van der Waals surface area contributed by atoms with Gasteiger partial charge in [-0.1, -0.05) is 29.3 Å². The van der Waals surface area contributed by atoms with Gasteiger partial charge in [-0.2, -0.15) is 0 Å². The lowest BCUT2D eigenvalue weighted by Crippen LogP contribution is -2.25. The molecule has 0 aliphatic heterocycles. The van der Waals surface area contributed by atoms with E-state index >= 15 is 0 Å². The van der Waals surface area contributed by atoms with E-state index < -0.39 is 6.10 Å². The third-order valence-electron chi connectivity index (χ3n) is 2.38. The Hall–Kier alpha value is 0.01000. The molecular weight excluding hydrogens is 268 g/mol. The number of aliphatic hydroxyl groups is 1. The molecule has 0 spiro atoms. The van der Waals surface area contributed by atoms with Gasteiger partial charge in [0, 0.05) is 12.5 Å². The SMILES string of the molecule is CNCC(c1ccc(Cl)c(Cl)c1)C(C)O.Cl. The first-order valence-corrected chi connectivity index (χ1v) is 5.59. The zero-order valence-corrected chi connectivity index (χ0v) is 11.5.